The van der Waals surface area contributed by atoms with Gasteiger partial charge >= 0.3 is 0 Å². The lowest BCUT2D eigenvalue weighted by atomic mass is 10.0. The van der Waals surface area contributed by atoms with E-state index in [2.05, 4.69) is 6.92 Å². The van der Waals surface area contributed by atoms with Crippen molar-refractivity contribution in [3.05, 3.63) is 17.7 Å². The summed E-state index contributed by atoms with van der Waals surface area (Å²) in [5.74, 6) is 0. The summed E-state index contributed by atoms with van der Waals surface area (Å²) in [6.45, 7) is 2.16. The Hall–Kier alpha value is -1.05. The largest absolute Gasteiger partial charge is 0.297 e. The van der Waals surface area contributed by atoms with Crippen LogP contribution in [0.1, 0.15) is 76.7 Å². The second kappa shape index (κ2) is 11.5. The lowest BCUT2D eigenvalue weighted by molar-refractivity contribution is 0.454. The van der Waals surface area contributed by atoms with Crippen LogP contribution in [0.15, 0.2) is 26.8 Å². The normalized spacial score (nSPS) is 12.9. The van der Waals surface area contributed by atoms with Gasteiger partial charge in [-0.3, -0.25) is 13.7 Å². The molecule has 0 spiro atoms. The van der Waals surface area contributed by atoms with Gasteiger partial charge in [0.05, 0.1) is 0 Å². The van der Waals surface area contributed by atoms with Crippen molar-refractivity contribution in [2.24, 2.45) is 0 Å². The average molecular weight is 487 g/mol. The van der Waals surface area contributed by atoms with Crippen molar-refractivity contribution in [1.82, 2.24) is 0 Å². The van der Waals surface area contributed by atoms with Crippen LogP contribution in [0.3, 0.4) is 0 Å². The van der Waals surface area contributed by atoms with Crippen LogP contribution in [0.5, 0.6) is 0 Å². The highest BCUT2D eigenvalue weighted by molar-refractivity contribution is 7.90. The molecule has 0 saturated heterocycles. The van der Waals surface area contributed by atoms with Gasteiger partial charge in [0.1, 0.15) is 14.7 Å². The molecule has 3 N–H and O–H groups in total. The first-order valence-corrected chi connectivity index (χ1v) is 14.2. The fraction of sp³-hybridized carbons (Fsp3) is 0.667. The highest BCUT2D eigenvalue weighted by Gasteiger charge is 2.34. The maximum Gasteiger partial charge on any atom is 0.297 e. The number of unbranched alkanes of at least 4 members (excludes halogenated alkanes) is 9. The van der Waals surface area contributed by atoms with Crippen LogP contribution in [0, 0.1) is 0 Å². The molecule has 9 nitrogen and oxygen atoms in total. The summed E-state index contributed by atoms with van der Waals surface area (Å²) in [6, 6.07) is 1.70. The smallest absolute Gasteiger partial charge is 0.282 e. The van der Waals surface area contributed by atoms with Gasteiger partial charge in [0, 0.05) is 0 Å². The molecule has 0 amide bonds. The van der Waals surface area contributed by atoms with Crippen molar-refractivity contribution in [1.29, 1.82) is 0 Å². The second-order valence-electron chi connectivity index (χ2n) is 7.24. The monoisotopic (exact) mass is 486 g/mol. The molecule has 0 heterocycles. The molecule has 1 rings (SSSR count). The Morgan fingerprint density at radius 2 is 1.03 bits per heavy atom. The molecule has 0 aliphatic carbocycles. The summed E-state index contributed by atoms with van der Waals surface area (Å²) in [4.78, 5) is -4.09. The predicted molar refractivity (Wildman–Crippen MR) is 111 cm³/mol. The summed E-state index contributed by atoms with van der Waals surface area (Å²) in [6.07, 6.45) is 10.2. The molecule has 12 heteroatoms. The third kappa shape index (κ3) is 8.60. The zero-order valence-electron chi connectivity index (χ0n) is 16.9. The van der Waals surface area contributed by atoms with Crippen molar-refractivity contribution in [3.63, 3.8) is 0 Å². The predicted octanol–water partition coefficient (Wildman–Crippen LogP) is 3.89. The molecule has 0 aliphatic heterocycles. The van der Waals surface area contributed by atoms with Crippen molar-refractivity contribution in [3.8, 4) is 0 Å². The SMILES string of the molecule is CCCCCCCCCCCCc1ccc(S(=O)(=O)O)c(S(=O)(=O)O)c1S(=O)(=O)O. The second-order valence-corrected chi connectivity index (χ2v) is 11.3. The van der Waals surface area contributed by atoms with E-state index in [1.807, 2.05) is 0 Å². The average Bonchev–Trinajstić information content (AvgIpc) is 2.60. The lowest BCUT2D eigenvalue weighted by Crippen LogP contribution is -2.16. The van der Waals surface area contributed by atoms with Gasteiger partial charge in [-0.25, -0.2) is 0 Å². The van der Waals surface area contributed by atoms with Gasteiger partial charge in [-0.2, -0.15) is 25.3 Å². The minimum Gasteiger partial charge on any atom is -0.282 e. The van der Waals surface area contributed by atoms with Crippen molar-refractivity contribution in [2.75, 3.05) is 0 Å². The molecule has 0 aliphatic rings. The molecular formula is C18H30O9S3. The van der Waals surface area contributed by atoms with E-state index in [-0.39, 0.29) is 12.0 Å². The van der Waals surface area contributed by atoms with Gasteiger partial charge in [0.2, 0.25) is 0 Å². The van der Waals surface area contributed by atoms with E-state index in [9.17, 15) is 38.9 Å². The van der Waals surface area contributed by atoms with E-state index < -0.39 is 45.0 Å². The third-order valence-corrected chi connectivity index (χ3v) is 7.83. The zero-order chi connectivity index (χ0) is 23.0. The Bertz CT molecular complexity index is 1010. The summed E-state index contributed by atoms with van der Waals surface area (Å²) in [7, 11) is -15.8. The summed E-state index contributed by atoms with van der Waals surface area (Å²) in [5.41, 5.74) is -0.155. The number of hydrogen-bond acceptors (Lipinski definition) is 6. The molecule has 0 bridgehead atoms. The summed E-state index contributed by atoms with van der Waals surface area (Å²) < 4.78 is 97.8. The molecular weight excluding hydrogens is 456 g/mol. The first-order valence-electron chi connectivity index (χ1n) is 9.88. The third-order valence-electron chi connectivity index (χ3n) is 4.75. The van der Waals surface area contributed by atoms with Crippen LogP contribution in [-0.2, 0) is 36.8 Å². The first-order chi connectivity index (χ1) is 13.8. The van der Waals surface area contributed by atoms with Crippen LogP contribution in [0.25, 0.3) is 0 Å². The van der Waals surface area contributed by atoms with E-state index in [0.717, 1.165) is 38.2 Å². The Balaban J connectivity index is 2.92. The van der Waals surface area contributed by atoms with E-state index in [4.69, 9.17) is 0 Å². The van der Waals surface area contributed by atoms with Crippen LogP contribution in [-0.4, -0.2) is 38.9 Å². The fourth-order valence-electron chi connectivity index (χ4n) is 3.32. The van der Waals surface area contributed by atoms with Crippen LogP contribution in [0.2, 0.25) is 0 Å². The highest BCUT2D eigenvalue weighted by atomic mass is 32.2. The van der Waals surface area contributed by atoms with Gasteiger partial charge in [-0.1, -0.05) is 70.8 Å². The van der Waals surface area contributed by atoms with Crippen LogP contribution < -0.4 is 0 Å². The van der Waals surface area contributed by atoms with Gasteiger partial charge < -0.3 is 0 Å². The summed E-state index contributed by atoms with van der Waals surface area (Å²) >= 11 is 0. The Kier molecular flexibility index (Phi) is 10.4. The maximum absolute atomic E-state index is 11.8. The zero-order valence-corrected chi connectivity index (χ0v) is 19.4. The summed E-state index contributed by atoms with van der Waals surface area (Å²) in [5, 5.41) is 0. The molecule has 0 aromatic heterocycles. The number of aryl methyl sites for hydroxylation is 1. The van der Waals surface area contributed by atoms with E-state index in [0.29, 0.717) is 12.5 Å². The Morgan fingerprint density at radius 3 is 1.43 bits per heavy atom. The fourth-order valence-corrected chi connectivity index (χ4v) is 6.75. The van der Waals surface area contributed by atoms with E-state index in [1.165, 1.54) is 25.7 Å². The van der Waals surface area contributed by atoms with Crippen LogP contribution >= 0.6 is 0 Å². The topological polar surface area (TPSA) is 163 Å². The van der Waals surface area contributed by atoms with Gasteiger partial charge in [0.15, 0.2) is 0 Å². The minimum atomic E-state index is -5.38. The van der Waals surface area contributed by atoms with Crippen LogP contribution in [0.4, 0.5) is 0 Å². The molecule has 30 heavy (non-hydrogen) atoms. The Labute approximate surface area is 179 Å². The van der Waals surface area contributed by atoms with E-state index >= 15 is 0 Å². The molecule has 174 valence electrons. The number of benzene rings is 1. The van der Waals surface area contributed by atoms with E-state index in [1.54, 1.807) is 0 Å². The van der Waals surface area contributed by atoms with Crippen molar-refractivity contribution >= 4 is 30.4 Å². The Morgan fingerprint density at radius 1 is 0.600 bits per heavy atom. The van der Waals surface area contributed by atoms with Gasteiger partial charge in [-0.15, -0.1) is 0 Å². The van der Waals surface area contributed by atoms with Crippen molar-refractivity contribution in [2.45, 2.75) is 92.2 Å². The van der Waals surface area contributed by atoms with Crippen molar-refractivity contribution < 1.29 is 38.9 Å². The highest BCUT2D eigenvalue weighted by Crippen LogP contribution is 2.32. The number of rotatable bonds is 14. The quantitative estimate of drug-likeness (QED) is 0.261. The molecule has 1 aromatic rings. The molecule has 0 fully saturated rings. The first kappa shape index (κ1) is 27.0. The standard InChI is InChI=1S/C18H30O9S3/c1-2-3-4-5-6-7-8-9-10-11-12-15-13-14-16(28(19,20)21)18(30(25,26)27)17(15)29(22,23)24/h13-14H,2-12H2,1H3,(H,19,20,21)(H,22,23,24)(H,25,26,27). The minimum absolute atomic E-state index is 0.0416. The molecule has 1 aromatic carbocycles. The maximum atomic E-state index is 11.8. The van der Waals surface area contributed by atoms with Gasteiger partial charge in [-0.05, 0) is 24.5 Å². The lowest BCUT2D eigenvalue weighted by Gasteiger charge is -2.14. The molecule has 0 unspecified atom stereocenters. The number of hydrogen-bond donors (Lipinski definition) is 3. The molecule has 0 saturated carbocycles. The van der Waals surface area contributed by atoms with Gasteiger partial charge in [0.25, 0.3) is 30.4 Å². The molecule has 0 atom stereocenters. The molecule has 0 radical (unpaired) electrons.